The van der Waals surface area contributed by atoms with Gasteiger partial charge in [0.05, 0.1) is 5.69 Å². The highest BCUT2D eigenvalue weighted by atomic mass is 19.2. The summed E-state index contributed by atoms with van der Waals surface area (Å²) in [6.07, 6.45) is 1.95. The molecule has 0 saturated carbocycles. The summed E-state index contributed by atoms with van der Waals surface area (Å²) in [5, 5.41) is 0. The first-order valence-corrected chi connectivity index (χ1v) is 14.9. The van der Waals surface area contributed by atoms with E-state index in [0.29, 0.717) is 11.4 Å². The molecule has 0 aliphatic carbocycles. The van der Waals surface area contributed by atoms with Gasteiger partial charge in [0.15, 0.2) is 0 Å². The van der Waals surface area contributed by atoms with Crippen molar-refractivity contribution in [2.45, 2.75) is 121 Å². The number of hydrogen-bond donors (Lipinski definition) is 0. The Kier molecular flexibility index (Phi) is 11.0. The van der Waals surface area contributed by atoms with E-state index >= 15 is 8.63 Å². The molecule has 2 aromatic rings. The zero-order chi connectivity index (χ0) is 30.7. The molecule has 0 saturated heterocycles. The van der Waals surface area contributed by atoms with E-state index in [4.69, 9.17) is 4.99 Å². The third kappa shape index (κ3) is 7.86. The van der Waals surface area contributed by atoms with Crippen molar-refractivity contribution in [1.82, 2.24) is 0 Å². The lowest BCUT2D eigenvalue weighted by atomic mass is 9.81. The van der Waals surface area contributed by atoms with Gasteiger partial charge in [-0.25, -0.2) is 0 Å². The van der Waals surface area contributed by atoms with Gasteiger partial charge in [0.2, 0.25) is 0 Å². The van der Waals surface area contributed by atoms with Crippen LogP contribution in [0.15, 0.2) is 53.2 Å². The summed E-state index contributed by atoms with van der Waals surface area (Å²) in [6, 6.07) is 12.4. The average Bonchev–Trinajstić information content (AvgIpc) is 2.80. The van der Waals surface area contributed by atoms with Crippen LogP contribution in [0.4, 0.5) is 20.0 Å². The Morgan fingerprint density at radius 3 is 1.35 bits per heavy atom. The van der Waals surface area contributed by atoms with Gasteiger partial charge in [-0.1, -0.05) is 133 Å². The van der Waals surface area contributed by atoms with Gasteiger partial charge in [-0.2, -0.15) is 0 Å². The zero-order valence-corrected chi connectivity index (χ0v) is 27.6. The van der Waals surface area contributed by atoms with E-state index in [1.807, 2.05) is 45.0 Å². The Hall–Kier alpha value is -2.43. The van der Waals surface area contributed by atoms with Crippen molar-refractivity contribution in [3.63, 3.8) is 0 Å². The minimum absolute atomic E-state index is 0.0958. The zero-order valence-electron chi connectivity index (χ0n) is 27.6. The number of nitrogens with zero attached hydrogens (tertiary/aromatic N) is 2. The van der Waals surface area contributed by atoms with Crippen molar-refractivity contribution in [1.29, 1.82) is 0 Å². The molecule has 0 N–H and O–H groups in total. The van der Waals surface area contributed by atoms with Gasteiger partial charge in [0.1, 0.15) is 0 Å². The van der Waals surface area contributed by atoms with E-state index < -0.39 is 12.8 Å². The van der Waals surface area contributed by atoms with Crippen LogP contribution >= 0.6 is 0 Å². The molecule has 0 aromatic heterocycles. The monoisotopic (exact) mass is 550 g/mol. The Bertz CT molecular complexity index is 1160. The van der Waals surface area contributed by atoms with Crippen LogP contribution in [-0.2, 0) is 0 Å². The average molecular weight is 551 g/mol. The highest BCUT2D eigenvalue weighted by Crippen LogP contribution is 2.43. The summed E-state index contributed by atoms with van der Waals surface area (Å²) in [6.45, 7) is 29.4. The molecule has 2 aromatic carbocycles. The van der Waals surface area contributed by atoms with E-state index in [1.165, 1.54) is 15.9 Å². The molecular formula is C35H53BF2N2. The summed E-state index contributed by atoms with van der Waals surface area (Å²) in [5.74, 6) is 0.763. The lowest BCUT2D eigenvalue weighted by molar-refractivity contribution is 0.486. The summed E-state index contributed by atoms with van der Waals surface area (Å²) in [4.78, 5) is 6.64. The Morgan fingerprint density at radius 1 is 0.675 bits per heavy atom. The third-order valence-electron chi connectivity index (χ3n) is 7.42. The minimum Gasteiger partial charge on any atom is -0.328 e. The fourth-order valence-electron chi connectivity index (χ4n) is 5.07. The lowest BCUT2D eigenvalue weighted by Crippen LogP contribution is -2.40. The van der Waals surface area contributed by atoms with Gasteiger partial charge in [-0.15, -0.1) is 0 Å². The Morgan fingerprint density at radius 2 is 1.05 bits per heavy atom. The second kappa shape index (κ2) is 13.0. The first-order valence-electron chi connectivity index (χ1n) is 14.9. The first kappa shape index (κ1) is 33.8. The highest BCUT2D eigenvalue weighted by Gasteiger charge is 2.38. The van der Waals surface area contributed by atoms with Gasteiger partial charge >= 0.3 is 7.40 Å². The SMILES string of the molecule is CC(C)c1cccc(C(C)C)c1N=C(/C=C(/N(B(F)F)c1c(C(C)C)cccc1C(C)C)C(C)(C)C)C(C)(C)C. The number of allylic oxidation sites excluding steroid dienone is 2. The predicted molar refractivity (Wildman–Crippen MR) is 174 cm³/mol. The molecule has 0 bridgehead atoms. The summed E-state index contributed by atoms with van der Waals surface area (Å²) >= 11 is 0. The number of hydrogen-bond acceptors (Lipinski definition) is 2. The molecule has 0 unspecified atom stereocenters. The van der Waals surface area contributed by atoms with Crippen molar-refractivity contribution in [2.24, 2.45) is 15.8 Å². The van der Waals surface area contributed by atoms with Crippen LogP contribution in [0, 0.1) is 10.8 Å². The maximum absolute atomic E-state index is 15.4. The standard InChI is InChI=1S/C35H53BF2N2/c1-22(2)26-17-15-18-27(23(3)4)32(26)39-30(34(9,10)11)21-31(35(12,13)14)40(36(37)38)33-28(24(5)6)19-16-20-29(33)25(7)8/h15-25H,1-14H3/b31-21+,39-30?. The summed E-state index contributed by atoms with van der Waals surface area (Å²) in [5.41, 5.74) is 6.24. The smallest absolute Gasteiger partial charge is 0.328 e. The molecule has 5 heteroatoms. The lowest BCUT2D eigenvalue weighted by Gasteiger charge is -2.38. The molecule has 0 radical (unpaired) electrons. The molecule has 2 nitrogen and oxygen atoms in total. The maximum Gasteiger partial charge on any atom is 0.677 e. The Balaban J connectivity index is 3.07. The van der Waals surface area contributed by atoms with E-state index in [9.17, 15) is 0 Å². The number of aliphatic imine (C=N–C) groups is 1. The minimum atomic E-state index is -2.71. The molecule has 0 amide bonds. The summed E-state index contributed by atoms with van der Waals surface area (Å²) < 4.78 is 30.8. The van der Waals surface area contributed by atoms with Crippen LogP contribution in [0.3, 0.4) is 0 Å². The van der Waals surface area contributed by atoms with Crippen LogP contribution in [0.2, 0.25) is 0 Å². The largest absolute Gasteiger partial charge is 0.677 e. The summed E-state index contributed by atoms with van der Waals surface area (Å²) in [7, 11) is -2.71. The molecule has 0 heterocycles. The first-order chi connectivity index (χ1) is 18.3. The van der Waals surface area contributed by atoms with Crippen molar-refractivity contribution in [3.05, 3.63) is 70.4 Å². The number of rotatable bonds is 9. The predicted octanol–water partition coefficient (Wildman–Crippen LogP) is 11.7. The van der Waals surface area contributed by atoms with Gasteiger partial charge in [-0.05, 0) is 52.0 Å². The normalized spacial score (nSPS) is 13.7. The van der Waals surface area contributed by atoms with Gasteiger partial charge < -0.3 is 4.81 Å². The number of anilines is 1. The van der Waals surface area contributed by atoms with E-state index in [-0.39, 0.29) is 29.1 Å². The second-order valence-electron chi connectivity index (χ2n) is 14.4. The molecule has 0 aliphatic heterocycles. The number of benzene rings is 2. The van der Waals surface area contributed by atoms with Crippen molar-refractivity contribution < 1.29 is 8.63 Å². The molecule has 0 atom stereocenters. The number of para-hydroxylation sites is 2. The van der Waals surface area contributed by atoms with E-state index in [1.54, 1.807) is 0 Å². The quantitative estimate of drug-likeness (QED) is 0.224. The van der Waals surface area contributed by atoms with E-state index in [2.05, 4.69) is 94.4 Å². The maximum atomic E-state index is 15.4. The fraction of sp³-hybridized carbons (Fsp3) is 0.571. The van der Waals surface area contributed by atoms with Gasteiger partial charge in [0, 0.05) is 27.9 Å². The molecular weight excluding hydrogens is 497 g/mol. The van der Waals surface area contributed by atoms with Crippen LogP contribution in [-0.4, -0.2) is 13.1 Å². The molecule has 0 fully saturated rings. The third-order valence-corrected chi connectivity index (χ3v) is 7.42. The fourth-order valence-corrected chi connectivity index (χ4v) is 5.07. The van der Waals surface area contributed by atoms with Crippen molar-refractivity contribution in [3.8, 4) is 0 Å². The molecule has 0 spiro atoms. The van der Waals surface area contributed by atoms with Crippen LogP contribution in [0.25, 0.3) is 0 Å². The van der Waals surface area contributed by atoms with Crippen LogP contribution in [0.5, 0.6) is 0 Å². The molecule has 2 rings (SSSR count). The van der Waals surface area contributed by atoms with Crippen molar-refractivity contribution in [2.75, 3.05) is 4.81 Å². The Labute approximate surface area is 244 Å². The van der Waals surface area contributed by atoms with Gasteiger partial charge in [-0.3, -0.25) is 13.6 Å². The molecule has 0 aliphatic rings. The van der Waals surface area contributed by atoms with Crippen molar-refractivity contribution >= 4 is 24.5 Å². The van der Waals surface area contributed by atoms with E-state index in [0.717, 1.165) is 22.5 Å². The highest BCUT2D eigenvalue weighted by molar-refractivity contribution is 6.49. The second-order valence-corrected chi connectivity index (χ2v) is 14.4. The van der Waals surface area contributed by atoms with Crippen LogP contribution < -0.4 is 4.81 Å². The molecule has 40 heavy (non-hydrogen) atoms. The van der Waals surface area contributed by atoms with Crippen LogP contribution in [0.1, 0.15) is 143 Å². The molecule has 220 valence electrons. The topological polar surface area (TPSA) is 15.6 Å². The number of halogens is 2. The van der Waals surface area contributed by atoms with Gasteiger partial charge in [0.25, 0.3) is 0 Å².